The number of aliphatic hydroxyl groups is 1. The fourth-order valence-corrected chi connectivity index (χ4v) is 1.79. The Bertz CT molecular complexity index is 543. The predicted octanol–water partition coefficient (Wildman–Crippen LogP) is -0.490. The van der Waals surface area contributed by atoms with Crippen molar-refractivity contribution in [1.29, 1.82) is 0 Å². The minimum Gasteiger partial charge on any atom is -0.510 e. The molecule has 6 nitrogen and oxygen atoms in total. The molecule has 0 aliphatic rings. The van der Waals surface area contributed by atoms with Gasteiger partial charge < -0.3 is 21.1 Å². The molecular formula is C13H22N4O2. The zero-order chi connectivity index (χ0) is 14.4. The Labute approximate surface area is 112 Å². The highest BCUT2D eigenvalue weighted by Crippen LogP contribution is 1.97. The van der Waals surface area contributed by atoms with Crippen LogP contribution >= 0.6 is 0 Å². The summed E-state index contributed by atoms with van der Waals surface area (Å²) in [7, 11) is 0. The van der Waals surface area contributed by atoms with Crippen LogP contribution in [0.5, 0.6) is 0 Å². The molecule has 6 heteroatoms. The molecule has 1 rings (SSSR count). The summed E-state index contributed by atoms with van der Waals surface area (Å²) in [6, 6.07) is 0.0626. The normalized spacial score (nSPS) is 15.8. The maximum Gasteiger partial charge on any atom is 0.249 e. The SMILES string of the molecule is CC(C(=O)N[C@H](C)CCCN)=c1nc[nH]/c1=C(/C)O. The average molecular weight is 266 g/mol. The van der Waals surface area contributed by atoms with Crippen LogP contribution in [0.2, 0.25) is 0 Å². The van der Waals surface area contributed by atoms with E-state index in [4.69, 9.17) is 5.73 Å². The first kappa shape index (κ1) is 15.2. The van der Waals surface area contributed by atoms with Crippen molar-refractivity contribution in [2.45, 2.75) is 39.7 Å². The van der Waals surface area contributed by atoms with Gasteiger partial charge in [-0.25, -0.2) is 4.98 Å². The van der Waals surface area contributed by atoms with Crippen molar-refractivity contribution in [2.24, 2.45) is 5.73 Å². The van der Waals surface area contributed by atoms with Gasteiger partial charge in [0.15, 0.2) is 0 Å². The zero-order valence-corrected chi connectivity index (χ0v) is 11.7. The second kappa shape index (κ2) is 6.94. The highest BCUT2D eigenvalue weighted by atomic mass is 16.3. The van der Waals surface area contributed by atoms with Gasteiger partial charge in [0.1, 0.15) is 16.5 Å². The summed E-state index contributed by atoms with van der Waals surface area (Å²) in [6.07, 6.45) is 3.17. The van der Waals surface area contributed by atoms with Crippen molar-refractivity contribution >= 4 is 17.2 Å². The molecule has 0 saturated carbocycles. The first-order valence-corrected chi connectivity index (χ1v) is 6.38. The lowest BCUT2D eigenvalue weighted by atomic mass is 10.1. The van der Waals surface area contributed by atoms with Crippen molar-refractivity contribution in [3.05, 3.63) is 17.0 Å². The molecule has 5 N–H and O–H groups in total. The van der Waals surface area contributed by atoms with Gasteiger partial charge in [0.2, 0.25) is 5.91 Å². The van der Waals surface area contributed by atoms with E-state index in [9.17, 15) is 9.90 Å². The number of aromatic amines is 1. The fourth-order valence-electron chi connectivity index (χ4n) is 1.79. The van der Waals surface area contributed by atoms with Crippen LogP contribution in [0.4, 0.5) is 0 Å². The molecular weight excluding hydrogens is 244 g/mol. The number of aromatic nitrogens is 2. The molecule has 0 saturated heterocycles. The van der Waals surface area contributed by atoms with Gasteiger partial charge in [-0.1, -0.05) is 0 Å². The van der Waals surface area contributed by atoms with Gasteiger partial charge in [-0.15, -0.1) is 0 Å². The average Bonchev–Trinajstić information content (AvgIpc) is 2.84. The molecule has 1 aromatic heterocycles. The summed E-state index contributed by atoms with van der Waals surface area (Å²) in [4.78, 5) is 19.0. The number of hydrogen-bond donors (Lipinski definition) is 4. The lowest BCUT2D eigenvalue weighted by molar-refractivity contribution is -0.116. The van der Waals surface area contributed by atoms with Crippen LogP contribution in [0.15, 0.2) is 6.33 Å². The molecule has 1 heterocycles. The molecule has 0 bridgehead atoms. The quantitative estimate of drug-likeness (QED) is 0.577. The van der Waals surface area contributed by atoms with Gasteiger partial charge in [-0.3, -0.25) is 4.79 Å². The number of carbonyl (C=O) groups is 1. The van der Waals surface area contributed by atoms with Crippen LogP contribution in [0, 0.1) is 0 Å². The molecule has 0 radical (unpaired) electrons. The molecule has 19 heavy (non-hydrogen) atoms. The van der Waals surface area contributed by atoms with E-state index in [1.54, 1.807) is 13.8 Å². The lowest BCUT2D eigenvalue weighted by Gasteiger charge is -2.13. The number of rotatable bonds is 5. The number of H-pyrrole nitrogens is 1. The number of carbonyl (C=O) groups excluding carboxylic acids is 1. The van der Waals surface area contributed by atoms with Crippen LogP contribution in [0.25, 0.3) is 11.3 Å². The summed E-state index contributed by atoms with van der Waals surface area (Å²) in [5.41, 5.74) is 5.91. The Balaban J connectivity index is 2.94. The Hall–Kier alpha value is -1.82. The van der Waals surface area contributed by atoms with E-state index in [1.807, 2.05) is 6.92 Å². The van der Waals surface area contributed by atoms with Gasteiger partial charge in [-0.2, -0.15) is 0 Å². The molecule has 0 aliphatic heterocycles. The van der Waals surface area contributed by atoms with Gasteiger partial charge in [0, 0.05) is 11.6 Å². The van der Waals surface area contributed by atoms with Gasteiger partial charge >= 0.3 is 0 Å². The molecule has 0 aliphatic carbocycles. The third-order valence-corrected chi connectivity index (χ3v) is 2.92. The van der Waals surface area contributed by atoms with Crippen LogP contribution < -0.4 is 21.7 Å². The second-order valence-corrected chi connectivity index (χ2v) is 4.64. The van der Waals surface area contributed by atoms with Crippen LogP contribution in [-0.2, 0) is 4.79 Å². The minimum atomic E-state index is -0.181. The topological polar surface area (TPSA) is 104 Å². The summed E-state index contributed by atoms with van der Waals surface area (Å²) in [5.74, 6) is -0.0741. The number of nitrogens with two attached hydrogens (primary N) is 1. The smallest absolute Gasteiger partial charge is 0.249 e. The maximum absolute atomic E-state index is 12.1. The lowest BCUT2D eigenvalue weighted by Crippen LogP contribution is -2.38. The van der Waals surface area contributed by atoms with Gasteiger partial charge in [-0.05, 0) is 40.2 Å². The van der Waals surface area contributed by atoms with Crippen molar-refractivity contribution < 1.29 is 9.90 Å². The van der Waals surface area contributed by atoms with Crippen molar-refractivity contribution in [3.8, 4) is 0 Å². The van der Waals surface area contributed by atoms with Gasteiger partial charge in [0.05, 0.1) is 6.33 Å². The number of nitrogens with zero attached hydrogens (tertiary/aromatic N) is 1. The van der Waals surface area contributed by atoms with E-state index < -0.39 is 0 Å². The Kier molecular flexibility index (Phi) is 5.57. The fraction of sp³-hybridized carbons (Fsp3) is 0.538. The molecule has 0 unspecified atom stereocenters. The summed E-state index contributed by atoms with van der Waals surface area (Å²) < 4.78 is 0. The highest BCUT2D eigenvalue weighted by Gasteiger charge is 2.11. The number of nitrogens with one attached hydrogen (secondary N) is 2. The predicted molar refractivity (Wildman–Crippen MR) is 74.5 cm³/mol. The molecule has 106 valence electrons. The van der Waals surface area contributed by atoms with Gasteiger partial charge in [0.25, 0.3) is 0 Å². The third kappa shape index (κ3) is 4.10. The zero-order valence-electron chi connectivity index (χ0n) is 11.7. The molecule has 1 aromatic rings. The Morgan fingerprint density at radius 2 is 2.26 bits per heavy atom. The van der Waals surface area contributed by atoms with Crippen molar-refractivity contribution in [3.63, 3.8) is 0 Å². The van der Waals surface area contributed by atoms with Crippen LogP contribution in [0.3, 0.4) is 0 Å². The first-order valence-electron chi connectivity index (χ1n) is 6.38. The Morgan fingerprint density at radius 1 is 1.58 bits per heavy atom. The molecule has 1 amide bonds. The largest absolute Gasteiger partial charge is 0.510 e. The van der Waals surface area contributed by atoms with E-state index in [1.165, 1.54) is 6.33 Å². The van der Waals surface area contributed by atoms with E-state index in [0.717, 1.165) is 12.8 Å². The van der Waals surface area contributed by atoms with E-state index >= 15 is 0 Å². The number of aliphatic hydroxyl groups excluding tert-OH is 1. The molecule has 0 fully saturated rings. The monoisotopic (exact) mass is 266 g/mol. The van der Waals surface area contributed by atoms with E-state index in [-0.39, 0.29) is 17.7 Å². The second-order valence-electron chi connectivity index (χ2n) is 4.64. The minimum absolute atomic E-state index is 0.0626. The summed E-state index contributed by atoms with van der Waals surface area (Å²) in [6.45, 7) is 5.79. The van der Waals surface area contributed by atoms with Crippen LogP contribution in [0.1, 0.15) is 33.6 Å². The maximum atomic E-state index is 12.1. The molecule has 1 atom stereocenters. The van der Waals surface area contributed by atoms with E-state index in [0.29, 0.717) is 22.8 Å². The number of hydrogen-bond acceptors (Lipinski definition) is 4. The third-order valence-electron chi connectivity index (χ3n) is 2.92. The number of imidazole rings is 1. The molecule has 0 aromatic carbocycles. The summed E-state index contributed by atoms with van der Waals surface area (Å²) >= 11 is 0. The number of amides is 1. The van der Waals surface area contributed by atoms with Crippen LogP contribution in [-0.4, -0.2) is 33.6 Å². The van der Waals surface area contributed by atoms with Crippen molar-refractivity contribution in [2.75, 3.05) is 6.54 Å². The van der Waals surface area contributed by atoms with Crippen molar-refractivity contribution in [1.82, 2.24) is 15.3 Å². The molecule has 0 spiro atoms. The first-order chi connectivity index (χ1) is 8.97. The van der Waals surface area contributed by atoms with E-state index in [2.05, 4.69) is 15.3 Å². The summed E-state index contributed by atoms with van der Waals surface area (Å²) in [5, 5.41) is 13.4. The Morgan fingerprint density at radius 3 is 2.84 bits per heavy atom. The highest BCUT2D eigenvalue weighted by molar-refractivity contribution is 6.12. The standard InChI is InChI=1S/C13H22N4O2/c1-8(5-4-6-14)17-13(19)9(2)11-12(10(3)18)16-7-15-11/h7-8,18H,4-6,14H2,1-3H3,(H,15,16)(H,17,19)/b11-9?,12-10-/t8-/m1/s1.